The van der Waals surface area contributed by atoms with E-state index in [0.29, 0.717) is 5.75 Å². The molecule has 3 aromatic carbocycles. The quantitative estimate of drug-likeness (QED) is 0.540. The van der Waals surface area contributed by atoms with E-state index in [1.807, 2.05) is 24.3 Å². The molecule has 0 aromatic heterocycles. The van der Waals surface area contributed by atoms with E-state index in [4.69, 9.17) is 4.74 Å². The molecule has 1 aliphatic carbocycles. The first-order valence-corrected chi connectivity index (χ1v) is 9.66. The van der Waals surface area contributed by atoms with Crippen molar-refractivity contribution in [2.45, 2.75) is 12.8 Å². The summed E-state index contributed by atoms with van der Waals surface area (Å²) in [5, 5.41) is 4.45. The number of carbonyl (C=O) groups is 3. The number of rotatable bonds is 3. The molecule has 2 aliphatic rings. The summed E-state index contributed by atoms with van der Waals surface area (Å²) in [6.07, 6.45) is 3.54. The summed E-state index contributed by atoms with van der Waals surface area (Å²) in [5.41, 5.74) is 3.49. The Balaban J connectivity index is 1.64. The summed E-state index contributed by atoms with van der Waals surface area (Å²) in [5.74, 6) is -1.03. The zero-order valence-corrected chi connectivity index (χ0v) is 16.3. The van der Waals surface area contributed by atoms with E-state index in [1.54, 1.807) is 30.3 Å². The lowest BCUT2D eigenvalue weighted by Gasteiger charge is -2.27. The van der Waals surface area contributed by atoms with Crippen LogP contribution in [0.4, 0.5) is 10.5 Å². The summed E-state index contributed by atoms with van der Waals surface area (Å²) in [6, 6.07) is 15.9. The number of benzene rings is 3. The molecule has 6 nitrogen and oxygen atoms in total. The number of carbonyl (C=O) groups excluding carboxylic acids is 3. The lowest BCUT2D eigenvalue weighted by molar-refractivity contribution is -0.122. The van der Waals surface area contributed by atoms with Gasteiger partial charge in [0.25, 0.3) is 11.8 Å². The first-order valence-electron chi connectivity index (χ1n) is 9.66. The van der Waals surface area contributed by atoms with Gasteiger partial charge >= 0.3 is 6.03 Å². The average molecular weight is 398 g/mol. The molecule has 1 heterocycles. The van der Waals surface area contributed by atoms with E-state index in [0.717, 1.165) is 28.7 Å². The first kappa shape index (κ1) is 18.1. The third-order valence-electron chi connectivity index (χ3n) is 5.64. The lowest BCUT2D eigenvalue weighted by atomic mass is 9.97. The molecule has 3 aromatic rings. The molecular weight excluding hydrogens is 380 g/mol. The number of urea groups is 1. The number of barbiturate groups is 1. The molecule has 1 fully saturated rings. The summed E-state index contributed by atoms with van der Waals surface area (Å²) < 4.78 is 5.29. The van der Waals surface area contributed by atoms with E-state index < -0.39 is 17.8 Å². The molecule has 4 amide bonds. The predicted molar refractivity (Wildman–Crippen MR) is 113 cm³/mol. The maximum Gasteiger partial charge on any atom is 0.336 e. The van der Waals surface area contributed by atoms with Crippen LogP contribution in [0.5, 0.6) is 5.75 Å². The van der Waals surface area contributed by atoms with Crippen LogP contribution in [0, 0.1) is 0 Å². The van der Waals surface area contributed by atoms with Gasteiger partial charge in [0.15, 0.2) is 0 Å². The Morgan fingerprint density at radius 3 is 2.50 bits per heavy atom. The minimum absolute atomic E-state index is 0.0980. The van der Waals surface area contributed by atoms with Gasteiger partial charge in [0.1, 0.15) is 11.3 Å². The Hall–Kier alpha value is -3.93. The van der Waals surface area contributed by atoms with Gasteiger partial charge in [-0.15, -0.1) is 0 Å². The second-order valence-corrected chi connectivity index (χ2v) is 7.28. The van der Waals surface area contributed by atoms with Crippen LogP contribution in [-0.4, -0.2) is 25.0 Å². The summed E-state index contributed by atoms with van der Waals surface area (Å²) in [7, 11) is 1.46. The smallest absolute Gasteiger partial charge is 0.336 e. The van der Waals surface area contributed by atoms with Crippen molar-refractivity contribution in [3.8, 4) is 5.75 Å². The first-order chi connectivity index (χ1) is 14.6. The van der Waals surface area contributed by atoms with Crippen LogP contribution in [0.15, 0.2) is 60.2 Å². The predicted octanol–water partition coefficient (Wildman–Crippen LogP) is 3.61. The summed E-state index contributed by atoms with van der Waals surface area (Å²) in [6.45, 7) is 0. The SMILES string of the molecule is COc1ccccc1N1C(=O)NC(=O)C(=Cc2ccc3c4c(cccc24)CC3)C1=O. The minimum Gasteiger partial charge on any atom is -0.495 e. The van der Waals surface area contributed by atoms with Gasteiger partial charge in [-0.05, 0) is 58.5 Å². The minimum atomic E-state index is -0.799. The van der Waals surface area contributed by atoms with Crippen molar-refractivity contribution in [3.63, 3.8) is 0 Å². The van der Waals surface area contributed by atoms with E-state index in [2.05, 4.69) is 11.4 Å². The third kappa shape index (κ3) is 2.69. The molecule has 30 heavy (non-hydrogen) atoms. The van der Waals surface area contributed by atoms with Crippen LogP contribution in [-0.2, 0) is 22.4 Å². The van der Waals surface area contributed by atoms with E-state index >= 15 is 0 Å². The monoisotopic (exact) mass is 398 g/mol. The van der Waals surface area contributed by atoms with Gasteiger partial charge in [0.05, 0.1) is 12.8 Å². The Morgan fingerprint density at radius 1 is 0.933 bits per heavy atom. The number of imide groups is 2. The number of hydrogen-bond acceptors (Lipinski definition) is 4. The molecular formula is C24H18N2O4. The Morgan fingerprint density at radius 2 is 1.70 bits per heavy atom. The third-order valence-corrected chi connectivity index (χ3v) is 5.64. The van der Waals surface area contributed by atoms with Crippen molar-refractivity contribution >= 4 is 40.4 Å². The topological polar surface area (TPSA) is 75.7 Å². The number of para-hydroxylation sites is 2. The molecule has 6 heteroatoms. The molecule has 0 atom stereocenters. The normalized spacial score (nSPS) is 17.0. The largest absolute Gasteiger partial charge is 0.495 e. The summed E-state index contributed by atoms with van der Waals surface area (Å²) in [4.78, 5) is 39.2. The number of nitrogens with zero attached hydrogens (tertiary/aromatic N) is 1. The van der Waals surface area contributed by atoms with Crippen molar-refractivity contribution in [2.24, 2.45) is 0 Å². The Kier molecular flexibility index (Phi) is 4.13. The molecule has 148 valence electrons. The number of hydrogen-bond donors (Lipinski definition) is 1. The maximum absolute atomic E-state index is 13.2. The Labute approximate surface area is 172 Å². The van der Waals surface area contributed by atoms with Gasteiger partial charge in [0, 0.05) is 0 Å². The number of anilines is 1. The van der Waals surface area contributed by atoms with Gasteiger partial charge in [-0.25, -0.2) is 9.69 Å². The molecule has 0 radical (unpaired) electrons. The van der Waals surface area contributed by atoms with Crippen LogP contribution in [0.25, 0.3) is 16.8 Å². The zero-order chi connectivity index (χ0) is 20.8. The number of nitrogens with one attached hydrogen (secondary N) is 1. The van der Waals surface area contributed by atoms with Crippen LogP contribution in [0.1, 0.15) is 16.7 Å². The van der Waals surface area contributed by atoms with Crippen molar-refractivity contribution in [1.82, 2.24) is 5.32 Å². The standard InChI is InChI=1S/C24H18N2O4/c1-30-20-8-3-2-7-19(20)26-23(28)18(22(27)25-24(26)29)13-16-12-11-15-10-9-14-5-4-6-17(16)21(14)15/h2-8,11-13H,9-10H2,1H3,(H,25,27,29). The molecule has 0 saturated carbocycles. The number of methoxy groups -OCH3 is 1. The molecule has 1 aliphatic heterocycles. The van der Waals surface area contributed by atoms with E-state index in [9.17, 15) is 14.4 Å². The highest BCUT2D eigenvalue weighted by Gasteiger charge is 2.38. The molecule has 1 N–H and O–H groups in total. The van der Waals surface area contributed by atoms with Gasteiger partial charge in [-0.3, -0.25) is 14.9 Å². The fourth-order valence-electron chi connectivity index (χ4n) is 4.24. The molecule has 1 saturated heterocycles. The van der Waals surface area contributed by atoms with Crippen molar-refractivity contribution in [1.29, 1.82) is 0 Å². The molecule has 0 unspecified atom stereocenters. The fraction of sp³-hybridized carbons (Fsp3) is 0.125. The van der Waals surface area contributed by atoms with Gasteiger partial charge < -0.3 is 4.74 Å². The van der Waals surface area contributed by atoms with Gasteiger partial charge in [-0.2, -0.15) is 0 Å². The average Bonchev–Trinajstić information content (AvgIpc) is 3.17. The van der Waals surface area contributed by atoms with Crippen LogP contribution < -0.4 is 15.0 Å². The number of amides is 4. The van der Waals surface area contributed by atoms with Crippen LogP contribution in [0.3, 0.4) is 0 Å². The van der Waals surface area contributed by atoms with Crippen molar-refractivity contribution < 1.29 is 19.1 Å². The van der Waals surface area contributed by atoms with E-state index in [-0.39, 0.29) is 11.3 Å². The second-order valence-electron chi connectivity index (χ2n) is 7.28. The van der Waals surface area contributed by atoms with Crippen LogP contribution >= 0.6 is 0 Å². The van der Waals surface area contributed by atoms with Crippen molar-refractivity contribution in [3.05, 3.63) is 76.9 Å². The highest BCUT2D eigenvalue weighted by molar-refractivity contribution is 6.39. The number of aryl methyl sites for hydroxylation is 2. The second kappa shape index (κ2) is 6.84. The molecule has 0 bridgehead atoms. The Bertz CT molecular complexity index is 1270. The maximum atomic E-state index is 13.2. The molecule has 0 spiro atoms. The van der Waals surface area contributed by atoms with Gasteiger partial charge in [0.2, 0.25) is 0 Å². The van der Waals surface area contributed by atoms with Crippen molar-refractivity contribution in [2.75, 3.05) is 12.0 Å². The molecule has 5 rings (SSSR count). The lowest BCUT2D eigenvalue weighted by Crippen LogP contribution is -2.54. The van der Waals surface area contributed by atoms with E-state index in [1.165, 1.54) is 23.6 Å². The van der Waals surface area contributed by atoms with Gasteiger partial charge in [-0.1, -0.05) is 42.5 Å². The van der Waals surface area contributed by atoms with Crippen LogP contribution in [0.2, 0.25) is 0 Å². The zero-order valence-electron chi connectivity index (χ0n) is 16.3. The highest BCUT2D eigenvalue weighted by Crippen LogP contribution is 2.35. The summed E-state index contributed by atoms with van der Waals surface area (Å²) >= 11 is 0. The number of ether oxygens (including phenoxy) is 1. The highest BCUT2D eigenvalue weighted by atomic mass is 16.5. The fourth-order valence-corrected chi connectivity index (χ4v) is 4.24.